The molecule has 1 aromatic rings. The first kappa shape index (κ1) is 14.3. The van der Waals surface area contributed by atoms with Crippen molar-refractivity contribution in [2.45, 2.75) is 6.54 Å². The summed E-state index contributed by atoms with van der Waals surface area (Å²) in [6.45, 7) is 2.15. The van der Waals surface area contributed by atoms with Crippen molar-refractivity contribution in [1.29, 1.82) is 0 Å². The molecule has 0 fully saturated rings. The molecule has 1 rings (SSSR count). The van der Waals surface area contributed by atoms with Crippen molar-refractivity contribution in [3.05, 3.63) is 29.3 Å². The molecule has 4 N–H and O–H groups in total. The van der Waals surface area contributed by atoms with E-state index in [2.05, 4.69) is 10.5 Å². The Bertz CT molecular complexity index is 408. The van der Waals surface area contributed by atoms with Gasteiger partial charge in [0, 0.05) is 20.2 Å². The molecule has 0 atom stereocenters. The van der Waals surface area contributed by atoms with Crippen LogP contribution in [0.15, 0.2) is 23.4 Å². The van der Waals surface area contributed by atoms with E-state index in [-0.39, 0.29) is 5.84 Å². The smallest absolute Gasteiger partial charge is 0.173 e. The number of amidine groups is 1. The predicted octanol–water partition coefficient (Wildman–Crippen LogP) is 0.526. The SMILES string of the molecule is COCCNCc1ccc(/C(N)=N/O)c(OC)c1. The molecular weight excluding hydrogens is 234 g/mol. The first-order valence-corrected chi connectivity index (χ1v) is 5.57. The third-order valence-electron chi connectivity index (χ3n) is 2.46. The summed E-state index contributed by atoms with van der Waals surface area (Å²) >= 11 is 0. The Balaban J connectivity index is 2.73. The molecule has 0 unspecified atom stereocenters. The van der Waals surface area contributed by atoms with Crippen LogP contribution in [-0.2, 0) is 11.3 Å². The number of nitrogens with one attached hydrogen (secondary N) is 1. The number of benzene rings is 1. The lowest BCUT2D eigenvalue weighted by molar-refractivity contribution is 0.199. The molecule has 0 aromatic heterocycles. The van der Waals surface area contributed by atoms with Crippen LogP contribution in [0.1, 0.15) is 11.1 Å². The van der Waals surface area contributed by atoms with Gasteiger partial charge in [0.15, 0.2) is 5.84 Å². The quantitative estimate of drug-likeness (QED) is 0.217. The average Bonchev–Trinajstić information content (AvgIpc) is 2.42. The van der Waals surface area contributed by atoms with Crippen LogP contribution in [0.4, 0.5) is 0 Å². The van der Waals surface area contributed by atoms with Gasteiger partial charge in [-0.05, 0) is 17.7 Å². The van der Waals surface area contributed by atoms with E-state index in [1.807, 2.05) is 12.1 Å². The van der Waals surface area contributed by atoms with Crippen molar-refractivity contribution >= 4 is 5.84 Å². The van der Waals surface area contributed by atoms with E-state index in [1.165, 1.54) is 0 Å². The van der Waals surface area contributed by atoms with Crippen molar-refractivity contribution in [1.82, 2.24) is 5.32 Å². The van der Waals surface area contributed by atoms with Gasteiger partial charge < -0.3 is 25.7 Å². The van der Waals surface area contributed by atoms with E-state index in [0.29, 0.717) is 24.5 Å². The van der Waals surface area contributed by atoms with Gasteiger partial charge in [0.25, 0.3) is 0 Å². The Morgan fingerprint density at radius 1 is 1.44 bits per heavy atom. The van der Waals surface area contributed by atoms with Crippen molar-refractivity contribution < 1.29 is 14.7 Å². The number of hydrogen-bond donors (Lipinski definition) is 3. The molecule has 100 valence electrons. The number of nitrogens with two attached hydrogens (primary N) is 1. The van der Waals surface area contributed by atoms with Crippen LogP contribution in [0, 0.1) is 0 Å². The fraction of sp³-hybridized carbons (Fsp3) is 0.417. The van der Waals surface area contributed by atoms with Gasteiger partial charge >= 0.3 is 0 Å². The van der Waals surface area contributed by atoms with Crippen molar-refractivity contribution in [2.24, 2.45) is 10.9 Å². The molecule has 0 bridgehead atoms. The lowest BCUT2D eigenvalue weighted by Crippen LogP contribution is -2.19. The van der Waals surface area contributed by atoms with E-state index in [0.717, 1.165) is 12.1 Å². The lowest BCUT2D eigenvalue weighted by atomic mass is 10.1. The Morgan fingerprint density at radius 3 is 2.83 bits per heavy atom. The highest BCUT2D eigenvalue weighted by Crippen LogP contribution is 2.19. The Labute approximate surface area is 106 Å². The highest BCUT2D eigenvalue weighted by Gasteiger charge is 2.08. The largest absolute Gasteiger partial charge is 0.496 e. The van der Waals surface area contributed by atoms with Crippen molar-refractivity contribution in [3.63, 3.8) is 0 Å². The maximum absolute atomic E-state index is 8.66. The molecular formula is C12H19N3O3. The van der Waals surface area contributed by atoms with Gasteiger partial charge in [-0.1, -0.05) is 11.2 Å². The summed E-state index contributed by atoms with van der Waals surface area (Å²) in [6, 6.07) is 5.52. The van der Waals surface area contributed by atoms with Crippen LogP contribution in [0.2, 0.25) is 0 Å². The second-order valence-electron chi connectivity index (χ2n) is 3.69. The number of nitrogens with zero attached hydrogens (tertiary/aromatic N) is 1. The van der Waals surface area contributed by atoms with Gasteiger partial charge in [-0.3, -0.25) is 0 Å². The third-order valence-corrected chi connectivity index (χ3v) is 2.46. The second kappa shape index (κ2) is 7.52. The first-order chi connectivity index (χ1) is 8.72. The fourth-order valence-corrected chi connectivity index (χ4v) is 1.52. The van der Waals surface area contributed by atoms with Gasteiger partial charge in [-0.15, -0.1) is 0 Å². The molecule has 0 amide bonds. The van der Waals surface area contributed by atoms with Gasteiger partial charge in [-0.2, -0.15) is 0 Å². The molecule has 6 nitrogen and oxygen atoms in total. The molecule has 0 saturated carbocycles. The molecule has 6 heteroatoms. The van der Waals surface area contributed by atoms with E-state index in [1.54, 1.807) is 20.3 Å². The van der Waals surface area contributed by atoms with E-state index in [4.69, 9.17) is 20.4 Å². The molecule has 0 heterocycles. The van der Waals surface area contributed by atoms with Crippen LogP contribution < -0.4 is 15.8 Å². The summed E-state index contributed by atoms with van der Waals surface area (Å²) in [5, 5.41) is 14.9. The Morgan fingerprint density at radius 2 is 2.22 bits per heavy atom. The van der Waals surface area contributed by atoms with Crippen LogP contribution in [0.25, 0.3) is 0 Å². The van der Waals surface area contributed by atoms with E-state index in [9.17, 15) is 0 Å². The van der Waals surface area contributed by atoms with Crippen LogP contribution in [-0.4, -0.2) is 38.4 Å². The van der Waals surface area contributed by atoms with Crippen LogP contribution >= 0.6 is 0 Å². The van der Waals surface area contributed by atoms with Crippen molar-refractivity contribution in [2.75, 3.05) is 27.4 Å². The average molecular weight is 253 g/mol. The Hall–Kier alpha value is -1.79. The van der Waals surface area contributed by atoms with Gasteiger partial charge in [0.05, 0.1) is 19.3 Å². The molecule has 0 spiro atoms. The summed E-state index contributed by atoms with van der Waals surface area (Å²) in [4.78, 5) is 0. The summed E-state index contributed by atoms with van der Waals surface area (Å²) in [7, 11) is 3.21. The van der Waals surface area contributed by atoms with Gasteiger partial charge in [0.1, 0.15) is 5.75 Å². The summed E-state index contributed by atoms with van der Waals surface area (Å²) in [5.41, 5.74) is 7.17. The number of ether oxygens (including phenoxy) is 2. The van der Waals surface area contributed by atoms with Crippen molar-refractivity contribution in [3.8, 4) is 5.75 Å². The minimum Gasteiger partial charge on any atom is -0.496 e. The highest BCUT2D eigenvalue weighted by molar-refractivity contribution is 5.99. The second-order valence-corrected chi connectivity index (χ2v) is 3.69. The zero-order chi connectivity index (χ0) is 13.4. The zero-order valence-corrected chi connectivity index (χ0v) is 10.6. The highest BCUT2D eigenvalue weighted by atomic mass is 16.5. The molecule has 0 aliphatic rings. The predicted molar refractivity (Wildman–Crippen MR) is 69.1 cm³/mol. The maximum Gasteiger partial charge on any atom is 0.173 e. The standard InChI is InChI=1S/C12H19N3O3/c1-17-6-5-14-8-9-3-4-10(12(13)15-16)11(7-9)18-2/h3-4,7,14,16H,5-6,8H2,1-2H3,(H2,13,15). The van der Waals surface area contributed by atoms with E-state index >= 15 is 0 Å². The van der Waals surface area contributed by atoms with E-state index < -0.39 is 0 Å². The number of oxime groups is 1. The summed E-state index contributed by atoms with van der Waals surface area (Å²) < 4.78 is 10.2. The topological polar surface area (TPSA) is 89.1 Å². The van der Waals surface area contributed by atoms with Crippen LogP contribution in [0.3, 0.4) is 0 Å². The van der Waals surface area contributed by atoms with Gasteiger partial charge in [0.2, 0.25) is 0 Å². The van der Waals surface area contributed by atoms with Gasteiger partial charge in [-0.25, -0.2) is 0 Å². The number of methoxy groups -OCH3 is 2. The van der Waals surface area contributed by atoms with Crippen LogP contribution in [0.5, 0.6) is 5.75 Å². The third kappa shape index (κ3) is 3.90. The monoisotopic (exact) mass is 253 g/mol. The lowest BCUT2D eigenvalue weighted by Gasteiger charge is -2.10. The molecule has 1 aromatic carbocycles. The normalized spacial score (nSPS) is 11.6. The number of hydrogen-bond acceptors (Lipinski definition) is 5. The molecule has 0 radical (unpaired) electrons. The molecule has 0 saturated heterocycles. The minimum atomic E-state index is 0.0331. The molecule has 18 heavy (non-hydrogen) atoms. The maximum atomic E-state index is 8.66. The summed E-state index contributed by atoms with van der Waals surface area (Å²) in [5.74, 6) is 0.613. The zero-order valence-electron chi connectivity index (χ0n) is 10.6. The molecule has 0 aliphatic heterocycles. The minimum absolute atomic E-state index is 0.0331. The molecule has 0 aliphatic carbocycles. The fourth-order valence-electron chi connectivity index (χ4n) is 1.52. The first-order valence-electron chi connectivity index (χ1n) is 5.57. The summed E-state index contributed by atoms with van der Waals surface area (Å²) in [6.07, 6.45) is 0. The number of rotatable bonds is 7. The Kier molecular flexibility index (Phi) is 5.96.